The quantitative estimate of drug-likeness (QED) is 0.821. The summed E-state index contributed by atoms with van der Waals surface area (Å²) >= 11 is 0. The van der Waals surface area contributed by atoms with E-state index in [2.05, 4.69) is 9.88 Å². The number of carbonyl (C=O) groups excluding carboxylic acids is 1. The molecule has 3 rings (SSSR count). The number of carbonyl (C=O) groups is 1. The van der Waals surface area contributed by atoms with Gasteiger partial charge in [0.1, 0.15) is 5.82 Å². The summed E-state index contributed by atoms with van der Waals surface area (Å²) in [4.78, 5) is 29.3. The highest BCUT2D eigenvalue weighted by molar-refractivity contribution is 5.74. The molecule has 0 spiro atoms. The number of hydrogen-bond acceptors (Lipinski definition) is 6. The number of ether oxygens (including phenoxy) is 1. The maximum Gasteiger partial charge on any atom is 0.219 e. The molecule has 1 aliphatic rings. The minimum absolute atomic E-state index is 0.0732. The van der Waals surface area contributed by atoms with Crippen LogP contribution in [0.1, 0.15) is 18.2 Å². The molecule has 0 aliphatic carbocycles. The van der Waals surface area contributed by atoms with Crippen LogP contribution >= 0.6 is 0 Å². The molecule has 2 aromatic rings. The van der Waals surface area contributed by atoms with Crippen molar-refractivity contribution >= 4 is 11.7 Å². The molecular formula is C18H23N5O2. The maximum absolute atomic E-state index is 11.8. The van der Waals surface area contributed by atoms with Crippen LogP contribution in [0.3, 0.4) is 0 Å². The number of pyridine rings is 1. The summed E-state index contributed by atoms with van der Waals surface area (Å²) in [5.41, 5.74) is 2.95. The maximum atomic E-state index is 11.8. The number of nitrogens with zero attached hydrogens (tertiary/aromatic N) is 5. The molecule has 1 aliphatic heterocycles. The molecule has 2 aromatic heterocycles. The Bertz CT molecular complexity index is 751. The van der Waals surface area contributed by atoms with Crippen LogP contribution in [-0.4, -0.2) is 59.6 Å². The van der Waals surface area contributed by atoms with Gasteiger partial charge in [-0.25, -0.2) is 9.97 Å². The van der Waals surface area contributed by atoms with Crippen molar-refractivity contribution in [2.45, 2.75) is 19.9 Å². The Morgan fingerprint density at radius 1 is 1.32 bits per heavy atom. The van der Waals surface area contributed by atoms with Crippen LogP contribution in [0.4, 0.5) is 5.82 Å². The van der Waals surface area contributed by atoms with Crippen LogP contribution in [0, 0.1) is 0 Å². The molecule has 0 saturated heterocycles. The molecule has 0 N–H and O–H groups in total. The van der Waals surface area contributed by atoms with E-state index in [9.17, 15) is 4.79 Å². The molecule has 0 radical (unpaired) electrons. The fourth-order valence-electron chi connectivity index (χ4n) is 2.96. The summed E-state index contributed by atoms with van der Waals surface area (Å²) in [5.74, 6) is 1.65. The SMILES string of the molecule is COCCN(C)c1nc(-c2ccncc2)nc2c1CCN(C(C)=O)C2. The second-order valence-electron chi connectivity index (χ2n) is 6.14. The topological polar surface area (TPSA) is 71.5 Å². The minimum Gasteiger partial charge on any atom is -0.383 e. The first-order valence-corrected chi connectivity index (χ1v) is 8.36. The van der Waals surface area contributed by atoms with Gasteiger partial charge in [0.15, 0.2) is 5.82 Å². The number of methoxy groups -OCH3 is 1. The molecule has 0 atom stereocenters. The number of amides is 1. The lowest BCUT2D eigenvalue weighted by atomic mass is 10.0. The Hall–Kier alpha value is -2.54. The van der Waals surface area contributed by atoms with Crippen molar-refractivity contribution in [1.29, 1.82) is 0 Å². The number of aromatic nitrogens is 3. The monoisotopic (exact) mass is 341 g/mol. The van der Waals surface area contributed by atoms with Crippen molar-refractivity contribution in [3.8, 4) is 11.4 Å². The summed E-state index contributed by atoms with van der Waals surface area (Å²) in [7, 11) is 3.70. The lowest BCUT2D eigenvalue weighted by Crippen LogP contribution is -2.36. The summed E-state index contributed by atoms with van der Waals surface area (Å²) in [6.07, 6.45) is 4.22. The van der Waals surface area contributed by atoms with Crippen molar-refractivity contribution in [3.63, 3.8) is 0 Å². The first kappa shape index (κ1) is 17.3. The molecule has 1 amide bonds. The van der Waals surface area contributed by atoms with Crippen molar-refractivity contribution < 1.29 is 9.53 Å². The third kappa shape index (κ3) is 3.76. The van der Waals surface area contributed by atoms with Gasteiger partial charge < -0.3 is 14.5 Å². The molecule has 0 bridgehead atoms. The number of likely N-dealkylation sites (N-methyl/N-ethyl adjacent to an activating group) is 1. The molecule has 0 saturated carbocycles. The second-order valence-corrected chi connectivity index (χ2v) is 6.14. The first-order chi connectivity index (χ1) is 12.1. The molecule has 3 heterocycles. The average molecular weight is 341 g/mol. The third-order valence-corrected chi connectivity index (χ3v) is 4.42. The van der Waals surface area contributed by atoms with Crippen LogP contribution in [0.25, 0.3) is 11.4 Å². The predicted octanol–water partition coefficient (Wildman–Crippen LogP) is 1.53. The van der Waals surface area contributed by atoms with E-state index in [0.717, 1.165) is 35.6 Å². The van der Waals surface area contributed by atoms with E-state index >= 15 is 0 Å². The number of rotatable bonds is 5. The molecule has 0 aromatic carbocycles. The van der Waals surface area contributed by atoms with Gasteiger partial charge in [-0.15, -0.1) is 0 Å². The van der Waals surface area contributed by atoms with Gasteiger partial charge in [-0.1, -0.05) is 0 Å². The standard InChI is InChI=1S/C18H23N5O2/c1-13(24)23-9-6-15-16(12-23)20-17(14-4-7-19-8-5-14)21-18(15)22(2)10-11-25-3/h4-5,7-8H,6,9-12H2,1-3H3. The molecule has 0 fully saturated rings. The Morgan fingerprint density at radius 2 is 2.08 bits per heavy atom. The van der Waals surface area contributed by atoms with E-state index in [4.69, 9.17) is 14.7 Å². The lowest BCUT2D eigenvalue weighted by Gasteiger charge is -2.31. The lowest BCUT2D eigenvalue weighted by molar-refractivity contribution is -0.129. The number of fused-ring (bicyclic) bond motifs is 1. The number of anilines is 1. The molecule has 7 nitrogen and oxygen atoms in total. The van der Waals surface area contributed by atoms with Crippen molar-refractivity contribution in [2.24, 2.45) is 0 Å². The minimum atomic E-state index is 0.0732. The Balaban J connectivity index is 2.04. The summed E-state index contributed by atoms with van der Waals surface area (Å²) in [6, 6.07) is 3.79. The van der Waals surface area contributed by atoms with Gasteiger partial charge in [0.25, 0.3) is 0 Å². The van der Waals surface area contributed by atoms with Crippen LogP contribution < -0.4 is 4.90 Å². The fourth-order valence-corrected chi connectivity index (χ4v) is 2.96. The predicted molar refractivity (Wildman–Crippen MR) is 95.2 cm³/mol. The van der Waals surface area contributed by atoms with Crippen LogP contribution in [0.2, 0.25) is 0 Å². The zero-order chi connectivity index (χ0) is 17.8. The van der Waals surface area contributed by atoms with Gasteiger partial charge in [0.2, 0.25) is 5.91 Å². The Labute approximate surface area is 147 Å². The van der Waals surface area contributed by atoms with E-state index in [1.54, 1.807) is 26.4 Å². The van der Waals surface area contributed by atoms with Crippen LogP contribution in [0.5, 0.6) is 0 Å². The van der Waals surface area contributed by atoms with Gasteiger partial charge in [-0.05, 0) is 18.6 Å². The van der Waals surface area contributed by atoms with Crippen LogP contribution in [0.15, 0.2) is 24.5 Å². The van der Waals surface area contributed by atoms with Crippen LogP contribution in [-0.2, 0) is 22.5 Å². The number of hydrogen-bond donors (Lipinski definition) is 0. The Kier molecular flexibility index (Phi) is 5.23. The first-order valence-electron chi connectivity index (χ1n) is 8.36. The van der Waals surface area contributed by atoms with Crippen molar-refractivity contribution in [1.82, 2.24) is 19.9 Å². The van der Waals surface area contributed by atoms with Gasteiger partial charge in [0.05, 0.1) is 18.8 Å². The molecule has 7 heteroatoms. The third-order valence-electron chi connectivity index (χ3n) is 4.42. The van der Waals surface area contributed by atoms with Crippen molar-refractivity contribution in [3.05, 3.63) is 35.8 Å². The van der Waals surface area contributed by atoms with Gasteiger partial charge in [-0.2, -0.15) is 0 Å². The van der Waals surface area contributed by atoms with Gasteiger partial charge in [0, 0.05) is 57.7 Å². The molecule has 25 heavy (non-hydrogen) atoms. The fraction of sp³-hybridized carbons (Fsp3) is 0.444. The van der Waals surface area contributed by atoms with E-state index < -0.39 is 0 Å². The highest BCUT2D eigenvalue weighted by Gasteiger charge is 2.25. The van der Waals surface area contributed by atoms with E-state index in [1.165, 1.54) is 0 Å². The molecule has 132 valence electrons. The van der Waals surface area contributed by atoms with E-state index in [0.29, 0.717) is 25.5 Å². The zero-order valence-electron chi connectivity index (χ0n) is 14.9. The normalized spacial score (nSPS) is 13.5. The van der Waals surface area contributed by atoms with E-state index in [-0.39, 0.29) is 5.91 Å². The molecular weight excluding hydrogens is 318 g/mol. The summed E-state index contributed by atoms with van der Waals surface area (Å²) in [5, 5.41) is 0. The highest BCUT2D eigenvalue weighted by Crippen LogP contribution is 2.28. The highest BCUT2D eigenvalue weighted by atomic mass is 16.5. The zero-order valence-corrected chi connectivity index (χ0v) is 14.9. The second kappa shape index (κ2) is 7.57. The average Bonchev–Trinajstić information content (AvgIpc) is 2.65. The Morgan fingerprint density at radius 3 is 2.76 bits per heavy atom. The van der Waals surface area contributed by atoms with E-state index in [1.807, 2.05) is 24.1 Å². The van der Waals surface area contributed by atoms with Crippen molar-refractivity contribution in [2.75, 3.05) is 38.8 Å². The summed E-state index contributed by atoms with van der Waals surface area (Å²) < 4.78 is 5.20. The van der Waals surface area contributed by atoms with Gasteiger partial charge in [-0.3, -0.25) is 9.78 Å². The van der Waals surface area contributed by atoms with Gasteiger partial charge >= 0.3 is 0 Å². The molecule has 0 unspecified atom stereocenters. The smallest absolute Gasteiger partial charge is 0.219 e. The largest absolute Gasteiger partial charge is 0.383 e. The summed E-state index contributed by atoms with van der Waals surface area (Å²) in [6.45, 7) is 4.19.